The van der Waals surface area contributed by atoms with Crippen molar-refractivity contribution >= 4 is 39.0 Å². The molecule has 0 fully saturated rings. The van der Waals surface area contributed by atoms with Gasteiger partial charge in [0, 0.05) is 17.3 Å². The SMILES string of the molecule is NC(=O)C(=O)C(Cc1csc2ccccc12)NC(=O)c1cncn1-c1ccncn1. The normalized spacial score (nSPS) is 11.9. The molecule has 3 aromatic heterocycles. The molecule has 150 valence electrons. The standard InChI is InChI=1S/C20H16N6O3S/c21-19(28)18(27)14(7-12-9-30-16-4-2-1-3-13(12)16)25-20(29)15-8-23-11-26(15)17-5-6-22-10-24-17/h1-6,8-11,14H,7H2,(H2,21,28)(H,25,29). The molecule has 0 bridgehead atoms. The van der Waals surface area contributed by atoms with E-state index in [4.69, 9.17) is 5.73 Å². The molecule has 0 spiro atoms. The lowest BCUT2D eigenvalue weighted by Crippen LogP contribution is -2.47. The zero-order chi connectivity index (χ0) is 21.1. The molecule has 4 aromatic rings. The van der Waals surface area contributed by atoms with Crippen LogP contribution in [0.15, 0.2) is 60.8 Å². The van der Waals surface area contributed by atoms with Crippen LogP contribution in [0, 0.1) is 0 Å². The maximum Gasteiger partial charge on any atom is 0.287 e. The minimum atomic E-state index is -1.11. The predicted octanol–water partition coefficient (Wildman–Crippen LogP) is 1.27. The fraction of sp³-hybridized carbons (Fsp3) is 0.100. The Morgan fingerprint density at radius 1 is 1.17 bits per heavy atom. The van der Waals surface area contributed by atoms with Crippen molar-refractivity contribution in [3.05, 3.63) is 72.0 Å². The summed E-state index contributed by atoms with van der Waals surface area (Å²) < 4.78 is 2.51. The molecular formula is C20H16N6O3S. The number of fused-ring (bicyclic) bond motifs is 1. The molecule has 0 radical (unpaired) electrons. The molecule has 0 saturated carbocycles. The summed E-state index contributed by atoms with van der Waals surface area (Å²) in [5, 5.41) is 5.49. The molecule has 0 aliphatic heterocycles. The number of amides is 2. The van der Waals surface area contributed by atoms with Crippen LogP contribution in [-0.4, -0.2) is 43.2 Å². The van der Waals surface area contributed by atoms with E-state index in [1.54, 1.807) is 6.07 Å². The van der Waals surface area contributed by atoms with Gasteiger partial charge in [0.15, 0.2) is 0 Å². The van der Waals surface area contributed by atoms with Gasteiger partial charge in [0.25, 0.3) is 11.8 Å². The third-order valence-corrected chi connectivity index (χ3v) is 5.55. The summed E-state index contributed by atoms with van der Waals surface area (Å²) >= 11 is 1.52. The van der Waals surface area contributed by atoms with E-state index in [2.05, 4.69) is 20.3 Å². The summed E-state index contributed by atoms with van der Waals surface area (Å²) in [7, 11) is 0. The van der Waals surface area contributed by atoms with Crippen LogP contribution < -0.4 is 11.1 Å². The Kier molecular flexibility index (Phi) is 5.31. The number of nitrogens with two attached hydrogens (primary N) is 1. The average Bonchev–Trinajstić information content (AvgIpc) is 3.41. The molecule has 0 aliphatic carbocycles. The highest BCUT2D eigenvalue weighted by molar-refractivity contribution is 7.17. The molecule has 3 N–H and O–H groups in total. The quantitative estimate of drug-likeness (QED) is 0.433. The number of nitrogens with zero attached hydrogens (tertiary/aromatic N) is 4. The van der Waals surface area contributed by atoms with E-state index in [1.165, 1.54) is 41.0 Å². The van der Waals surface area contributed by atoms with Gasteiger partial charge in [-0.2, -0.15) is 0 Å². The van der Waals surface area contributed by atoms with Gasteiger partial charge in [0.1, 0.15) is 30.2 Å². The molecule has 0 saturated heterocycles. The number of benzene rings is 1. The molecule has 4 rings (SSSR count). The highest BCUT2D eigenvalue weighted by Crippen LogP contribution is 2.26. The summed E-state index contributed by atoms with van der Waals surface area (Å²) in [5.74, 6) is -2.12. The number of Topliss-reactive ketones (excluding diaryl/α,β-unsaturated/α-hetero) is 1. The topological polar surface area (TPSA) is 133 Å². The van der Waals surface area contributed by atoms with Gasteiger partial charge in [0.05, 0.1) is 6.20 Å². The van der Waals surface area contributed by atoms with Crippen molar-refractivity contribution in [1.82, 2.24) is 24.8 Å². The average molecular weight is 420 g/mol. The van der Waals surface area contributed by atoms with Crippen LogP contribution in [-0.2, 0) is 16.0 Å². The molecule has 10 heteroatoms. The number of hydrogen-bond donors (Lipinski definition) is 2. The smallest absolute Gasteiger partial charge is 0.287 e. The number of carbonyl (C=O) groups excluding carboxylic acids is 3. The third kappa shape index (κ3) is 3.80. The number of imidazole rings is 1. The summed E-state index contributed by atoms with van der Waals surface area (Å²) in [6.07, 6.45) is 5.79. The van der Waals surface area contributed by atoms with Crippen LogP contribution in [0.2, 0.25) is 0 Å². The van der Waals surface area contributed by atoms with Crippen LogP contribution in [0.25, 0.3) is 15.9 Å². The maximum absolute atomic E-state index is 12.9. The molecule has 3 heterocycles. The first-order valence-corrected chi connectivity index (χ1v) is 9.81. The minimum absolute atomic E-state index is 0.138. The number of nitrogens with one attached hydrogen (secondary N) is 1. The monoisotopic (exact) mass is 420 g/mol. The number of carbonyl (C=O) groups is 3. The van der Waals surface area contributed by atoms with Gasteiger partial charge >= 0.3 is 0 Å². The Morgan fingerprint density at radius 3 is 2.77 bits per heavy atom. The molecule has 9 nitrogen and oxygen atoms in total. The Bertz CT molecular complexity index is 1230. The zero-order valence-corrected chi connectivity index (χ0v) is 16.4. The van der Waals surface area contributed by atoms with Gasteiger partial charge in [-0.25, -0.2) is 15.0 Å². The van der Waals surface area contributed by atoms with Gasteiger partial charge in [-0.15, -0.1) is 11.3 Å². The van der Waals surface area contributed by atoms with Crippen molar-refractivity contribution in [2.75, 3.05) is 0 Å². The fourth-order valence-corrected chi connectivity index (χ4v) is 4.07. The number of aromatic nitrogens is 4. The lowest BCUT2D eigenvalue weighted by atomic mass is 10.0. The van der Waals surface area contributed by atoms with Crippen molar-refractivity contribution in [2.45, 2.75) is 12.5 Å². The fourth-order valence-electron chi connectivity index (χ4n) is 3.10. The minimum Gasteiger partial charge on any atom is -0.363 e. The molecule has 0 aliphatic rings. The van der Waals surface area contributed by atoms with Crippen LogP contribution in [0.4, 0.5) is 0 Å². The van der Waals surface area contributed by atoms with E-state index < -0.39 is 23.6 Å². The van der Waals surface area contributed by atoms with Crippen molar-refractivity contribution in [2.24, 2.45) is 5.73 Å². The van der Waals surface area contributed by atoms with E-state index in [0.717, 1.165) is 15.6 Å². The highest BCUT2D eigenvalue weighted by atomic mass is 32.1. The van der Waals surface area contributed by atoms with Crippen molar-refractivity contribution in [1.29, 1.82) is 0 Å². The third-order valence-electron chi connectivity index (χ3n) is 4.53. The van der Waals surface area contributed by atoms with Gasteiger partial charge in [-0.1, -0.05) is 18.2 Å². The van der Waals surface area contributed by atoms with Crippen LogP contribution in [0.5, 0.6) is 0 Å². The van der Waals surface area contributed by atoms with Crippen molar-refractivity contribution < 1.29 is 14.4 Å². The lowest BCUT2D eigenvalue weighted by molar-refractivity contribution is -0.137. The molecule has 1 atom stereocenters. The second kappa shape index (κ2) is 8.21. The lowest BCUT2D eigenvalue weighted by Gasteiger charge is -2.16. The van der Waals surface area contributed by atoms with E-state index in [-0.39, 0.29) is 12.1 Å². The molecule has 2 amide bonds. The van der Waals surface area contributed by atoms with Crippen LogP contribution in [0.3, 0.4) is 0 Å². The summed E-state index contributed by atoms with van der Waals surface area (Å²) in [6, 6.07) is 8.21. The van der Waals surface area contributed by atoms with E-state index >= 15 is 0 Å². The number of ketones is 1. The summed E-state index contributed by atoms with van der Waals surface area (Å²) in [6.45, 7) is 0. The summed E-state index contributed by atoms with van der Waals surface area (Å²) in [5.41, 5.74) is 6.23. The maximum atomic E-state index is 12.9. The zero-order valence-electron chi connectivity index (χ0n) is 15.6. The van der Waals surface area contributed by atoms with Gasteiger partial charge in [0.2, 0.25) is 5.78 Å². The van der Waals surface area contributed by atoms with E-state index in [0.29, 0.717) is 5.82 Å². The van der Waals surface area contributed by atoms with Gasteiger partial charge < -0.3 is 11.1 Å². The second-order valence-electron chi connectivity index (χ2n) is 6.43. The van der Waals surface area contributed by atoms with Crippen LogP contribution >= 0.6 is 11.3 Å². The van der Waals surface area contributed by atoms with Gasteiger partial charge in [-0.3, -0.25) is 19.0 Å². The highest BCUT2D eigenvalue weighted by Gasteiger charge is 2.28. The Labute approximate surface area is 174 Å². The van der Waals surface area contributed by atoms with Crippen molar-refractivity contribution in [3.8, 4) is 5.82 Å². The second-order valence-corrected chi connectivity index (χ2v) is 7.34. The van der Waals surface area contributed by atoms with Crippen LogP contribution in [0.1, 0.15) is 16.1 Å². The van der Waals surface area contributed by atoms with Gasteiger partial charge in [-0.05, 0) is 28.5 Å². The Morgan fingerprint density at radius 2 is 2.00 bits per heavy atom. The van der Waals surface area contributed by atoms with E-state index in [1.807, 2.05) is 29.6 Å². The van der Waals surface area contributed by atoms with E-state index in [9.17, 15) is 14.4 Å². The largest absolute Gasteiger partial charge is 0.363 e. The number of rotatable bonds is 7. The number of thiophene rings is 1. The first-order valence-electron chi connectivity index (χ1n) is 8.93. The molecular weight excluding hydrogens is 404 g/mol. The first-order chi connectivity index (χ1) is 14.5. The number of hydrogen-bond acceptors (Lipinski definition) is 7. The number of primary amides is 1. The Hall–Kier alpha value is -3.92. The first kappa shape index (κ1) is 19.4. The predicted molar refractivity (Wildman–Crippen MR) is 110 cm³/mol. The van der Waals surface area contributed by atoms with Crippen molar-refractivity contribution in [3.63, 3.8) is 0 Å². The molecule has 1 unspecified atom stereocenters. The summed E-state index contributed by atoms with van der Waals surface area (Å²) in [4.78, 5) is 48.9. The Balaban J connectivity index is 1.62. The molecule has 1 aromatic carbocycles. The molecule has 30 heavy (non-hydrogen) atoms.